The maximum atomic E-state index is 7.26. The molecule has 0 rings (SSSR count). The third-order valence-electron chi connectivity index (χ3n) is 0.0500. The van der Waals surface area contributed by atoms with Crippen LogP contribution in [-0.2, 0) is 0 Å². The van der Waals surface area contributed by atoms with Gasteiger partial charge in [-0.05, 0) is 0 Å². The zero-order valence-electron chi connectivity index (χ0n) is 2.30. The first-order valence-corrected chi connectivity index (χ1v) is 0.697. The third-order valence-corrected chi connectivity index (χ3v) is 0.0500. The van der Waals surface area contributed by atoms with Gasteiger partial charge in [0.2, 0.25) is 0 Å². The molecule has 0 radical (unpaired) electrons. The quantitative estimate of drug-likeness (QED) is 0.410. The van der Waals surface area contributed by atoms with Crippen LogP contribution in [0.4, 0.5) is 4.70 Å². The maximum absolute atomic E-state index is 7.26. The molecular formula is C2HFN2. The van der Waals surface area contributed by atoms with E-state index in [-0.39, 0.29) is 4.70 Å². The van der Waals surface area contributed by atoms with Gasteiger partial charge >= 0.3 is 0 Å². The Kier molecular flexibility index (Phi) is 23.3. The van der Waals surface area contributed by atoms with Crippen LogP contribution in [0.5, 0.6) is 0 Å². The minimum absolute atomic E-state index is 0. The van der Waals surface area contributed by atoms with E-state index in [2.05, 4.69) is 0 Å². The lowest BCUT2D eigenvalue weighted by Crippen LogP contribution is -1.26. The van der Waals surface area contributed by atoms with Gasteiger partial charge in [0, 0.05) is 0 Å². The second kappa shape index (κ2) is 12.8. The van der Waals surface area contributed by atoms with Gasteiger partial charge in [-0.2, -0.15) is 10.5 Å². The standard InChI is InChI=1S/C2N2.FH/c3-1-2-4;/h;1H. The van der Waals surface area contributed by atoms with Gasteiger partial charge in [0.15, 0.2) is 12.1 Å². The molecule has 0 spiro atoms. The number of halogens is 1. The summed E-state index contributed by atoms with van der Waals surface area (Å²) in [4.78, 5) is 0. The van der Waals surface area contributed by atoms with E-state index in [1.54, 1.807) is 0 Å². The Morgan fingerprint density at radius 2 is 1.20 bits per heavy atom. The molecule has 0 saturated carbocycles. The molecule has 3 heteroatoms. The summed E-state index contributed by atoms with van der Waals surface area (Å²) in [5, 5.41) is 14.5. The van der Waals surface area contributed by atoms with E-state index < -0.39 is 0 Å². The van der Waals surface area contributed by atoms with E-state index in [4.69, 9.17) is 10.5 Å². The Morgan fingerprint density at radius 1 is 1.00 bits per heavy atom. The molecule has 0 amide bonds. The molecule has 0 bridgehead atoms. The average Bonchev–Trinajstić information content (AvgIpc) is 1.37. The van der Waals surface area contributed by atoms with Crippen LogP contribution in [-0.4, -0.2) is 0 Å². The summed E-state index contributed by atoms with van der Waals surface area (Å²) in [6, 6.07) is 2.47. The second-order valence-corrected chi connectivity index (χ2v) is 0.224. The molecule has 0 saturated heterocycles. The number of nitriles is 2. The fourth-order valence-electron chi connectivity index (χ4n) is 0. The summed E-state index contributed by atoms with van der Waals surface area (Å²) in [6.45, 7) is 0. The van der Waals surface area contributed by atoms with Gasteiger partial charge in [0.05, 0.1) is 0 Å². The molecule has 5 heavy (non-hydrogen) atoms. The van der Waals surface area contributed by atoms with Crippen LogP contribution in [0.3, 0.4) is 0 Å². The van der Waals surface area contributed by atoms with Gasteiger partial charge in [-0.15, -0.1) is 0 Å². The van der Waals surface area contributed by atoms with Crippen molar-refractivity contribution in [2.45, 2.75) is 0 Å². The highest BCUT2D eigenvalue weighted by molar-refractivity contribution is 4.99. The first-order chi connectivity index (χ1) is 1.91. The number of nitrogens with zero attached hydrogens (tertiary/aromatic N) is 2. The van der Waals surface area contributed by atoms with Crippen molar-refractivity contribution in [3.63, 3.8) is 0 Å². The lowest BCUT2D eigenvalue weighted by Gasteiger charge is -1.16. The molecule has 0 aliphatic rings. The van der Waals surface area contributed by atoms with E-state index in [0.29, 0.717) is 0 Å². The minimum atomic E-state index is 0. The maximum Gasteiger partial charge on any atom is 0.181 e. The normalized spacial score (nSPS) is 2.00. The molecule has 0 aromatic carbocycles. The molecule has 26 valence electrons. The molecular weight excluding hydrogens is 71.0 g/mol. The van der Waals surface area contributed by atoms with Crippen LogP contribution in [0.15, 0.2) is 0 Å². The molecule has 0 atom stereocenters. The van der Waals surface area contributed by atoms with Gasteiger partial charge in [-0.1, -0.05) is 0 Å². The van der Waals surface area contributed by atoms with Crippen molar-refractivity contribution in [1.82, 2.24) is 0 Å². The molecule has 2 nitrogen and oxygen atoms in total. The monoisotopic (exact) mass is 72.0 g/mol. The van der Waals surface area contributed by atoms with Gasteiger partial charge in [0.25, 0.3) is 0 Å². The predicted octanol–water partition coefficient (Wildman–Crippen LogP) is 0.186. The fourth-order valence-corrected chi connectivity index (χ4v) is 0. The van der Waals surface area contributed by atoms with Crippen LogP contribution in [0.1, 0.15) is 0 Å². The number of rotatable bonds is 0. The SMILES string of the molecule is F.N#CC#N. The van der Waals surface area contributed by atoms with Crippen LogP contribution in [0.2, 0.25) is 0 Å². The predicted molar refractivity (Wildman–Crippen MR) is 13.7 cm³/mol. The smallest absolute Gasteiger partial charge is 0.181 e. The van der Waals surface area contributed by atoms with Crippen molar-refractivity contribution in [2.75, 3.05) is 0 Å². The Bertz CT molecular complexity index is 62.6. The Balaban J connectivity index is 0. The van der Waals surface area contributed by atoms with Crippen LogP contribution < -0.4 is 0 Å². The molecule has 0 aromatic rings. The molecule has 0 aliphatic heterocycles. The van der Waals surface area contributed by atoms with Gasteiger partial charge < -0.3 is 0 Å². The molecule has 0 heterocycles. The van der Waals surface area contributed by atoms with E-state index in [1.165, 1.54) is 12.1 Å². The van der Waals surface area contributed by atoms with Crippen molar-refractivity contribution >= 4 is 0 Å². The lowest BCUT2D eigenvalue weighted by molar-refractivity contribution is 1.11. The first kappa shape index (κ1) is 9.08. The number of hydrogen-bond donors (Lipinski definition) is 0. The highest BCUT2D eigenvalue weighted by Crippen LogP contribution is 1.27. The second-order valence-electron chi connectivity index (χ2n) is 0.224. The molecule has 0 unspecified atom stereocenters. The highest BCUT2D eigenvalue weighted by Gasteiger charge is 1.39. The van der Waals surface area contributed by atoms with E-state index in [9.17, 15) is 0 Å². The zero-order chi connectivity index (χ0) is 3.41. The van der Waals surface area contributed by atoms with Crippen molar-refractivity contribution in [3.05, 3.63) is 0 Å². The van der Waals surface area contributed by atoms with Gasteiger partial charge in [-0.3, -0.25) is 4.70 Å². The van der Waals surface area contributed by atoms with Gasteiger partial charge in [0.1, 0.15) is 0 Å². The minimum Gasteiger partial charge on any atom is -0.269 e. The molecule has 0 aliphatic carbocycles. The largest absolute Gasteiger partial charge is 0.269 e. The summed E-state index contributed by atoms with van der Waals surface area (Å²) in [5.41, 5.74) is 0. The Hall–Kier alpha value is -1.09. The van der Waals surface area contributed by atoms with Crippen molar-refractivity contribution in [3.8, 4) is 12.1 Å². The average molecular weight is 72.0 g/mol. The summed E-state index contributed by atoms with van der Waals surface area (Å²) in [5.74, 6) is 0. The highest BCUT2D eigenvalue weighted by atomic mass is 19.0. The van der Waals surface area contributed by atoms with Crippen LogP contribution in [0.25, 0.3) is 0 Å². The molecule has 0 fully saturated rings. The van der Waals surface area contributed by atoms with E-state index in [1.807, 2.05) is 0 Å². The van der Waals surface area contributed by atoms with Gasteiger partial charge in [-0.25, -0.2) is 0 Å². The van der Waals surface area contributed by atoms with Crippen LogP contribution >= 0.6 is 0 Å². The molecule has 0 N–H and O–H groups in total. The van der Waals surface area contributed by atoms with E-state index >= 15 is 0 Å². The first-order valence-electron chi connectivity index (χ1n) is 0.697. The van der Waals surface area contributed by atoms with Crippen LogP contribution in [0, 0.1) is 22.7 Å². The summed E-state index contributed by atoms with van der Waals surface area (Å²) < 4.78 is 0. The topological polar surface area (TPSA) is 47.6 Å². The summed E-state index contributed by atoms with van der Waals surface area (Å²) in [7, 11) is 0. The fraction of sp³-hybridized carbons (Fsp3) is 0. The summed E-state index contributed by atoms with van der Waals surface area (Å²) >= 11 is 0. The Labute approximate surface area is 28.6 Å². The molecule has 0 aromatic heterocycles. The van der Waals surface area contributed by atoms with E-state index in [0.717, 1.165) is 0 Å². The van der Waals surface area contributed by atoms with Crippen molar-refractivity contribution in [1.29, 1.82) is 10.5 Å². The third kappa shape index (κ3) is 298. The summed E-state index contributed by atoms with van der Waals surface area (Å²) in [6.07, 6.45) is 0. The van der Waals surface area contributed by atoms with Crippen molar-refractivity contribution < 1.29 is 4.70 Å². The zero-order valence-corrected chi connectivity index (χ0v) is 2.30. The van der Waals surface area contributed by atoms with Crippen molar-refractivity contribution in [2.24, 2.45) is 0 Å². The lowest BCUT2D eigenvalue weighted by atomic mass is 10.9. The Morgan fingerprint density at radius 3 is 1.20 bits per heavy atom. The number of hydrogen-bond acceptors (Lipinski definition) is 2.